The van der Waals surface area contributed by atoms with Gasteiger partial charge in [0.1, 0.15) is 48.3 Å². The molecular formula is C50H73N13O14. The van der Waals surface area contributed by atoms with Gasteiger partial charge in [-0.1, -0.05) is 74.5 Å². The van der Waals surface area contributed by atoms with E-state index in [0.29, 0.717) is 17.5 Å². The number of carboxylic acid groups (broad SMARTS) is 2. The Labute approximate surface area is 444 Å². The monoisotopic (exact) mass is 1080 g/mol. The quantitative estimate of drug-likeness (QED) is 0.0195. The summed E-state index contributed by atoms with van der Waals surface area (Å²) in [5, 5.41) is 47.5. The van der Waals surface area contributed by atoms with Crippen LogP contribution in [0.5, 0.6) is 0 Å². The van der Waals surface area contributed by atoms with Crippen LogP contribution < -0.4 is 60.2 Å². The van der Waals surface area contributed by atoms with Crippen molar-refractivity contribution in [3.63, 3.8) is 0 Å². The van der Waals surface area contributed by atoms with Crippen molar-refractivity contribution in [3.05, 3.63) is 71.8 Å². The maximum atomic E-state index is 14.3. The van der Waals surface area contributed by atoms with Crippen LogP contribution >= 0.6 is 0 Å². The topological polar surface area (TPSA) is 452 Å². The molecule has 0 unspecified atom stereocenters. The van der Waals surface area contributed by atoms with E-state index in [-0.39, 0.29) is 63.5 Å². The van der Waals surface area contributed by atoms with E-state index in [0.717, 1.165) is 4.90 Å². The Kier molecular flexibility index (Phi) is 25.4. The van der Waals surface area contributed by atoms with Crippen LogP contribution in [-0.4, -0.2) is 165 Å². The third kappa shape index (κ3) is 21.5. The molecule has 1 aliphatic heterocycles. The normalized spacial score (nSPS) is 16.5. The fraction of sp³-hybridized carbons (Fsp3) is 0.520. The van der Waals surface area contributed by atoms with Gasteiger partial charge in [-0.3, -0.25) is 52.9 Å². The Bertz CT molecular complexity index is 2420. The first-order valence-corrected chi connectivity index (χ1v) is 25.0. The number of likely N-dealkylation sites (tertiary alicyclic amines) is 1. The Balaban J connectivity index is 1.88. The molecule has 0 saturated carbocycles. The highest BCUT2D eigenvalue weighted by atomic mass is 16.4. The largest absolute Gasteiger partial charge is 0.481 e. The van der Waals surface area contributed by atoms with Crippen molar-refractivity contribution < 1.29 is 68.1 Å². The molecule has 3 rings (SSSR count). The van der Waals surface area contributed by atoms with Crippen LogP contribution in [0.1, 0.15) is 83.8 Å². The summed E-state index contributed by atoms with van der Waals surface area (Å²) < 4.78 is 0. The first-order valence-electron chi connectivity index (χ1n) is 25.0. The molecule has 77 heavy (non-hydrogen) atoms. The summed E-state index contributed by atoms with van der Waals surface area (Å²) in [6, 6.07) is 3.24. The molecule has 2 aromatic rings. The van der Waals surface area contributed by atoms with E-state index < -0.39 is 138 Å². The molecule has 1 aliphatic rings. The average molecular weight is 1080 g/mol. The molecule has 1 heterocycles. The second-order valence-corrected chi connectivity index (χ2v) is 19.1. The van der Waals surface area contributed by atoms with Gasteiger partial charge in [-0.05, 0) is 63.0 Å². The van der Waals surface area contributed by atoms with Crippen molar-refractivity contribution in [1.82, 2.24) is 42.1 Å². The maximum Gasteiger partial charge on any atom is 0.326 e. The fourth-order valence-corrected chi connectivity index (χ4v) is 8.16. The van der Waals surface area contributed by atoms with Gasteiger partial charge in [-0.25, -0.2) is 4.79 Å². The number of rotatable bonds is 31. The van der Waals surface area contributed by atoms with Crippen molar-refractivity contribution >= 4 is 71.1 Å². The minimum absolute atomic E-state index is 0.00643. The van der Waals surface area contributed by atoms with Gasteiger partial charge >= 0.3 is 11.9 Å². The summed E-state index contributed by atoms with van der Waals surface area (Å²) in [5.74, 6) is -12.2. The van der Waals surface area contributed by atoms with Gasteiger partial charge in [0.15, 0.2) is 5.96 Å². The molecule has 9 amide bonds. The van der Waals surface area contributed by atoms with Crippen LogP contribution in [0.25, 0.3) is 0 Å². The number of nitrogens with zero attached hydrogens (tertiary/aromatic N) is 2. The summed E-state index contributed by atoms with van der Waals surface area (Å²) in [4.78, 5) is 152. The minimum Gasteiger partial charge on any atom is -0.481 e. The molecular weight excluding hydrogens is 1010 g/mol. The number of aliphatic imine (C=N–C) groups is 1. The van der Waals surface area contributed by atoms with Crippen molar-refractivity contribution in [2.45, 2.75) is 146 Å². The van der Waals surface area contributed by atoms with Crippen molar-refractivity contribution in [1.29, 1.82) is 0 Å². The fourth-order valence-electron chi connectivity index (χ4n) is 8.16. The van der Waals surface area contributed by atoms with E-state index in [4.69, 9.17) is 22.9 Å². The third-order valence-corrected chi connectivity index (χ3v) is 12.1. The molecule has 0 radical (unpaired) electrons. The SMILES string of the molecule is CC(C)C[C@H](NC(=O)[C@H](CC(=O)O)NC(=O)[C@H](Cc1ccccc1)NC(=O)[C@H](C)N)C(=O)N[C@@H](CC(N)=O)C(=O)N[C@@H](Cc1ccccc1)C(=O)N[C@H](C(=O)N1CCC[C@H]1C(=O)N[C@@H](CCCN=C(N)N)C(=O)O)[C@@H](C)O. The Morgan fingerprint density at radius 1 is 0.623 bits per heavy atom. The first kappa shape index (κ1) is 63.1. The number of amides is 9. The predicted molar refractivity (Wildman–Crippen MR) is 277 cm³/mol. The van der Waals surface area contributed by atoms with E-state index >= 15 is 0 Å². The number of guanidine groups is 1. The molecule has 1 saturated heterocycles. The van der Waals surface area contributed by atoms with Crippen LogP contribution in [0.3, 0.4) is 0 Å². The third-order valence-electron chi connectivity index (χ3n) is 12.1. The summed E-state index contributed by atoms with van der Waals surface area (Å²) in [5.41, 5.74) is 23.0. The summed E-state index contributed by atoms with van der Waals surface area (Å²) in [6.07, 6.45) is -3.32. The Morgan fingerprint density at radius 3 is 1.56 bits per heavy atom. The number of aliphatic hydroxyl groups excluding tert-OH is 1. The van der Waals surface area contributed by atoms with Gasteiger partial charge < -0.3 is 80.4 Å². The van der Waals surface area contributed by atoms with E-state index in [1.165, 1.54) is 13.8 Å². The van der Waals surface area contributed by atoms with Gasteiger partial charge in [-0.2, -0.15) is 0 Å². The molecule has 0 bridgehead atoms. The van der Waals surface area contributed by atoms with Crippen LogP contribution in [-0.2, 0) is 65.6 Å². The Hall–Kier alpha value is -8.20. The summed E-state index contributed by atoms with van der Waals surface area (Å²) in [6.45, 7) is 6.02. The van der Waals surface area contributed by atoms with E-state index in [1.54, 1.807) is 74.5 Å². The molecule has 0 aliphatic carbocycles. The van der Waals surface area contributed by atoms with Crippen molar-refractivity contribution in [3.8, 4) is 0 Å². The number of carbonyl (C=O) groups excluding carboxylic acids is 9. The van der Waals surface area contributed by atoms with Crippen LogP contribution in [0.2, 0.25) is 0 Å². The number of hydrogen-bond acceptors (Lipinski definition) is 14. The van der Waals surface area contributed by atoms with Gasteiger partial charge in [0.05, 0.1) is 25.0 Å². The van der Waals surface area contributed by atoms with E-state index in [9.17, 15) is 68.1 Å². The van der Waals surface area contributed by atoms with E-state index in [2.05, 4.69) is 42.2 Å². The number of aliphatic carboxylic acids is 2. The molecule has 18 N–H and O–H groups in total. The number of carboxylic acids is 2. The van der Waals surface area contributed by atoms with Crippen LogP contribution in [0.15, 0.2) is 65.7 Å². The first-order chi connectivity index (χ1) is 36.3. The number of primary amides is 1. The van der Waals surface area contributed by atoms with Crippen molar-refractivity contribution in [2.75, 3.05) is 13.1 Å². The molecule has 0 aromatic heterocycles. The number of aliphatic hydroxyl groups is 1. The molecule has 2 aromatic carbocycles. The van der Waals surface area contributed by atoms with E-state index in [1.807, 2.05) is 0 Å². The number of benzene rings is 2. The molecule has 0 spiro atoms. The number of nitrogens with one attached hydrogen (secondary N) is 7. The lowest BCUT2D eigenvalue weighted by Gasteiger charge is -2.31. The molecule has 27 heteroatoms. The highest BCUT2D eigenvalue weighted by Gasteiger charge is 2.42. The van der Waals surface area contributed by atoms with Gasteiger partial charge in [0, 0.05) is 25.9 Å². The lowest BCUT2D eigenvalue weighted by Crippen LogP contribution is -2.62. The molecule has 1 fully saturated rings. The average Bonchev–Trinajstić information content (AvgIpc) is 3.85. The lowest BCUT2D eigenvalue weighted by atomic mass is 10.0. The highest BCUT2D eigenvalue weighted by Crippen LogP contribution is 2.21. The molecule has 422 valence electrons. The molecule has 10 atom stereocenters. The molecule has 27 nitrogen and oxygen atoms in total. The number of nitrogens with two attached hydrogens (primary N) is 4. The smallest absolute Gasteiger partial charge is 0.326 e. The maximum absolute atomic E-state index is 14.3. The van der Waals surface area contributed by atoms with Crippen LogP contribution in [0, 0.1) is 5.92 Å². The second-order valence-electron chi connectivity index (χ2n) is 19.1. The Morgan fingerprint density at radius 2 is 1.09 bits per heavy atom. The zero-order valence-corrected chi connectivity index (χ0v) is 43.4. The number of hydrogen-bond donors (Lipinski definition) is 14. The van der Waals surface area contributed by atoms with Gasteiger partial charge in [-0.15, -0.1) is 0 Å². The predicted octanol–water partition coefficient (Wildman–Crippen LogP) is -3.88. The van der Waals surface area contributed by atoms with Crippen LogP contribution in [0.4, 0.5) is 0 Å². The zero-order chi connectivity index (χ0) is 57.5. The van der Waals surface area contributed by atoms with Gasteiger partial charge in [0.25, 0.3) is 0 Å². The highest BCUT2D eigenvalue weighted by molar-refractivity contribution is 6.00. The zero-order valence-electron chi connectivity index (χ0n) is 43.4. The van der Waals surface area contributed by atoms with Gasteiger partial charge in [0.2, 0.25) is 53.2 Å². The van der Waals surface area contributed by atoms with Crippen molar-refractivity contribution in [2.24, 2.45) is 33.8 Å². The minimum atomic E-state index is -1.82. The second kappa shape index (κ2) is 31.0. The lowest BCUT2D eigenvalue weighted by molar-refractivity contribution is -0.146. The standard InChI is InChI=1S/C50H73N13O14/c1-26(2)21-32(58-45(72)36(25-39(66)67)61-43(70)33(57-41(68)27(3)51)22-29-13-7-5-8-14-29)42(69)60-35(24-38(52)65)44(71)59-34(23-30-15-9-6-10-16-30)46(73)62-40(28(4)64)48(75)63-20-12-18-37(63)47(74)56-31(49(76)77)17-11-19-55-50(53)54/h5-10,13-16,26-28,31-37,40,64H,11-12,17-25,51H2,1-4H3,(H2,52,65)(H,56,74)(H,57,68)(H,58,72)(H,59,71)(H,60,69)(H,61,70)(H,62,73)(H,66,67)(H,76,77)(H4,53,54,55)/t27-,28+,31-,32-,33-,34-,35-,36-,37-,40-/m0/s1. The summed E-state index contributed by atoms with van der Waals surface area (Å²) in [7, 11) is 0. The summed E-state index contributed by atoms with van der Waals surface area (Å²) >= 11 is 0. The number of carbonyl (C=O) groups is 11.